The van der Waals surface area contributed by atoms with Crippen molar-refractivity contribution >= 4 is 21.8 Å². The molecule has 1 aromatic heterocycles. The third-order valence-electron chi connectivity index (χ3n) is 1.80. The third-order valence-corrected chi connectivity index (χ3v) is 2.29. The summed E-state index contributed by atoms with van der Waals surface area (Å²) in [5.74, 6) is -0.112. The minimum Gasteiger partial charge on any atom is -0.363 e. The molecule has 0 bridgehead atoms. The van der Waals surface area contributed by atoms with Crippen molar-refractivity contribution in [3.63, 3.8) is 0 Å². The number of H-pyrrole nitrogens is 1. The zero-order chi connectivity index (χ0) is 10.8. The first-order valence-electron chi connectivity index (χ1n) is 4.15. The molecular weight excluding hydrogens is 260 g/mol. The van der Waals surface area contributed by atoms with Crippen LogP contribution in [0, 0.1) is 0 Å². The van der Waals surface area contributed by atoms with Gasteiger partial charge in [-0.25, -0.2) is 4.98 Å². The van der Waals surface area contributed by atoms with Crippen molar-refractivity contribution in [3.05, 3.63) is 34.6 Å². The van der Waals surface area contributed by atoms with E-state index in [0.29, 0.717) is 5.82 Å². The fourth-order valence-corrected chi connectivity index (χ4v) is 1.53. The lowest BCUT2D eigenvalue weighted by Crippen LogP contribution is -2.12. The number of aromatic nitrogens is 3. The Kier molecular flexibility index (Phi) is 2.51. The summed E-state index contributed by atoms with van der Waals surface area (Å²) in [6, 6.07) is 7.46. The lowest BCUT2D eigenvalue weighted by molar-refractivity contribution is 0.0991. The van der Waals surface area contributed by atoms with Crippen molar-refractivity contribution in [1.82, 2.24) is 15.2 Å². The number of aromatic amines is 1. The van der Waals surface area contributed by atoms with Crippen LogP contribution in [-0.2, 0) is 0 Å². The molecule has 2 aromatic rings. The van der Waals surface area contributed by atoms with Gasteiger partial charge in [0.2, 0.25) is 5.82 Å². The van der Waals surface area contributed by atoms with E-state index in [4.69, 9.17) is 5.73 Å². The number of primary amides is 1. The molecule has 0 fully saturated rings. The molecule has 0 saturated heterocycles. The molecule has 0 radical (unpaired) electrons. The zero-order valence-corrected chi connectivity index (χ0v) is 9.15. The molecule has 1 amide bonds. The Labute approximate surface area is 93.8 Å². The fourth-order valence-electron chi connectivity index (χ4n) is 1.13. The van der Waals surface area contributed by atoms with Gasteiger partial charge in [-0.1, -0.05) is 28.1 Å². The van der Waals surface area contributed by atoms with Gasteiger partial charge in [0.05, 0.1) is 0 Å². The maximum atomic E-state index is 10.8. The number of nitrogens with two attached hydrogens (primary N) is 1. The Hall–Kier alpha value is -1.69. The van der Waals surface area contributed by atoms with E-state index in [0.717, 1.165) is 10.0 Å². The summed E-state index contributed by atoms with van der Waals surface area (Å²) < 4.78 is 0.922. The standard InChI is InChI=1S/C9H7BrN4O/c10-6-3-1-2-5(4-6)8-12-9(7(11)15)14-13-8/h1-4H,(H2,11,15)(H,12,13,14). The lowest BCUT2D eigenvalue weighted by Gasteiger charge is -1.94. The van der Waals surface area contributed by atoms with E-state index in [1.165, 1.54) is 0 Å². The first-order valence-corrected chi connectivity index (χ1v) is 4.94. The van der Waals surface area contributed by atoms with Crippen LogP contribution in [-0.4, -0.2) is 21.1 Å². The summed E-state index contributed by atoms with van der Waals surface area (Å²) in [5, 5.41) is 6.36. The monoisotopic (exact) mass is 266 g/mol. The maximum absolute atomic E-state index is 10.8. The summed E-state index contributed by atoms with van der Waals surface area (Å²) in [4.78, 5) is 14.8. The molecule has 6 heteroatoms. The molecule has 0 aliphatic heterocycles. The van der Waals surface area contributed by atoms with E-state index in [-0.39, 0.29) is 5.82 Å². The minimum atomic E-state index is -0.622. The molecule has 2 rings (SSSR count). The van der Waals surface area contributed by atoms with Crippen molar-refractivity contribution in [3.8, 4) is 11.4 Å². The van der Waals surface area contributed by atoms with Crippen LogP contribution in [0.5, 0.6) is 0 Å². The molecule has 76 valence electrons. The van der Waals surface area contributed by atoms with Gasteiger partial charge < -0.3 is 5.73 Å². The van der Waals surface area contributed by atoms with Crippen molar-refractivity contribution in [2.24, 2.45) is 5.73 Å². The third kappa shape index (κ3) is 2.04. The van der Waals surface area contributed by atoms with Crippen LogP contribution in [0.3, 0.4) is 0 Å². The average Bonchev–Trinajstić information content (AvgIpc) is 2.66. The number of hydrogen-bond acceptors (Lipinski definition) is 3. The minimum absolute atomic E-state index is 0.0602. The highest BCUT2D eigenvalue weighted by Crippen LogP contribution is 2.19. The number of nitrogens with one attached hydrogen (secondary N) is 1. The summed E-state index contributed by atoms with van der Waals surface area (Å²) in [5.41, 5.74) is 5.87. The van der Waals surface area contributed by atoms with E-state index >= 15 is 0 Å². The van der Waals surface area contributed by atoms with E-state index in [1.54, 1.807) is 0 Å². The summed E-state index contributed by atoms with van der Waals surface area (Å²) in [6.07, 6.45) is 0. The second-order valence-electron chi connectivity index (χ2n) is 2.88. The molecule has 0 spiro atoms. The summed E-state index contributed by atoms with van der Waals surface area (Å²) in [7, 11) is 0. The number of halogens is 1. The number of carbonyl (C=O) groups is 1. The van der Waals surface area contributed by atoms with Crippen molar-refractivity contribution in [2.75, 3.05) is 0 Å². The number of nitrogens with zero attached hydrogens (tertiary/aromatic N) is 2. The van der Waals surface area contributed by atoms with E-state index in [9.17, 15) is 4.79 Å². The van der Waals surface area contributed by atoms with Gasteiger partial charge in [-0.2, -0.15) is 5.10 Å². The number of carbonyl (C=O) groups excluding carboxylic acids is 1. The molecular formula is C9H7BrN4O. The van der Waals surface area contributed by atoms with Gasteiger partial charge in [0.1, 0.15) is 0 Å². The molecule has 0 saturated carbocycles. The summed E-state index contributed by atoms with van der Waals surface area (Å²) in [6.45, 7) is 0. The molecule has 0 aliphatic rings. The van der Waals surface area contributed by atoms with Crippen LogP contribution in [0.1, 0.15) is 10.6 Å². The van der Waals surface area contributed by atoms with Crippen molar-refractivity contribution < 1.29 is 4.79 Å². The fraction of sp³-hybridized carbons (Fsp3) is 0. The van der Waals surface area contributed by atoms with E-state index in [2.05, 4.69) is 31.1 Å². The lowest BCUT2D eigenvalue weighted by atomic mass is 10.2. The van der Waals surface area contributed by atoms with Crippen LogP contribution in [0.4, 0.5) is 0 Å². The Morgan fingerprint density at radius 2 is 2.27 bits per heavy atom. The second-order valence-corrected chi connectivity index (χ2v) is 3.80. The second kappa shape index (κ2) is 3.82. The van der Waals surface area contributed by atoms with Crippen LogP contribution in [0.25, 0.3) is 11.4 Å². The highest BCUT2D eigenvalue weighted by molar-refractivity contribution is 9.10. The number of rotatable bonds is 2. The number of benzene rings is 1. The molecule has 1 heterocycles. The van der Waals surface area contributed by atoms with Gasteiger partial charge in [-0.3, -0.25) is 9.89 Å². The highest BCUT2D eigenvalue weighted by Gasteiger charge is 2.09. The largest absolute Gasteiger partial charge is 0.363 e. The van der Waals surface area contributed by atoms with Gasteiger partial charge in [-0.15, -0.1) is 0 Å². The molecule has 3 N–H and O–H groups in total. The molecule has 1 aromatic carbocycles. The van der Waals surface area contributed by atoms with Crippen LogP contribution < -0.4 is 5.73 Å². The highest BCUT2D eigenvalue weighted by atomic mass is 79.9. The quantitative estimate of drug-likeness (QED) is 0.860. The first kappa shape index (κ1) is 9.85. The normalized spacial score (nSPS) is 10.2. The van der Waals surface area contributed by atoms with E-state index < -0.39 is 5.91 Å². The number of hydrogen-bond donors (Lipinski definition) is 2. The Bertz CT molecular complexity index is 508. The SMILES string of the molecule is NC(=O)c1nc(-c2cccc(Br)c2)n[nH]1. The Morgan fingerprint density at radius 3 is 2.87 bits per heavy atom. The zero-order valence-electron chi connectivity index (χ0n) is 7.57. The average molecular weight is 267 g/mol. The number of amides is 1. The van der Waals surface area contributed by atoms with Crippen molar-refractivity contribution in [1.29, 1.82) is 0 Å². The van der Waals surface area contributed by atoms with Gasteiger partial charge in [-0.05, 0) is 12.1 Å². The first-order chi connectivity index (χ1) is 7.16. The summed E-state index contributed by atoms with van der Waals surface area (Å²) >= 11 is 3.34. The van der Waals surface area contributed by atoms with Crippen LogP contribution >= 0.6 is 15.9 Å². The maximum Gasteiger partial charge on any atom is 0.286 e. The van der Waals surface area contributed by atoms with Gasteiger partial charge in [0, 0.05) is 10.0 Å². The molecule has 0 aliphatic carbocycles. The smallest absolute Gasteiger partial charge is 0.286 e. The van der Waals surface area contributed by atoms with Gasteiger partial charge >= 0.3 is 0 Å². The molecule has 0 unspecified atom stereocenters. The molecule has 15 heavy (non-hydrogen) atoms. The van der Waals surface area contributed by atoms with Gasteiger partial charge in [0.15, 0.2) is 5.82 Å². The van der Waals surface area contributed by atoms with Crippen LogP contribution in [0.15, 0.2) is 28.7 Å². The molecule has 5 nitrogen and oxygen atoms in total. The van der Waals surface area contributed by atoms with Crippen LogP contribution in [0.2, 0.25) is 0 Å². The van der Waals surface area contributed by atoms with Crippen molar-refractivity contribution in [2.45, 2.75) is 0 Å². The van der Waals surface area contributed by atoms with Gasteiger partial charge in [0.25, 0.3) is 5.91 Å². The predicted octanol–water partition coefficient (Wildman–Crippen LogP) is 1.33. The topological polar surface area (TPSA) is 84.7 Å². The Morgan fingerprint density at radius 1 is 1.47 bits per heavy atom. The van der Waals surface area contributed by atoms with E-state index in [1.807, 2.05) is 24.3 Å². The Balaban J connectivity index is 2.41. The predicted molar refractivity (Wildman–Crippen MR) is 58.0 cm³/mol. The molecule has 0 atom stereocenters.